The smallest absolute Gasteiger partial charge is 0.282 e. The van der Waals surface area contributed by atoms with Crippen molar-refractivity contribution in [2.45, 2.75) is 48.3 Å². The van der Waals surface area contributed by atoms with Gasteiger partial charge in [-0.25, -0.2) is 0 Å². The fraction of sp³-hybridized carbons (Fsp3) is 0.571. The Labute approximate surface area is 118 Å². The third-order valence-corrected chi connectivity index (χ3v) is 5.13. The van der Waals surface area contributed by atoms with E-state index < -0.39 is 0 Å². The van der Waals surface area contributed by atoms with Crippen LogP contribution >= 0.6 is 11.8 Å². The molecule has 0 amide bonds. The highest BCUT2D eigenvalue weighted by Crippen LogP contribution is 2.37. The highest BCUT2D eigenvalue weighted by Gasteiger charge is 2.25. The lowest BCUT2D eigenvalue weighted by Gasteiger charge is -2.24. The van der Waals surface area contributed by atoms with Crippen LogP contribution in [0.5, 0.6) is 0 Å². The fourth-order valence-electron chi connectivity index (χ4n) is 2.62. The molecule has 2 atom stereocenters. The van der Waals surface area contributed by atoms with Crippen LogP contribution in [0, 0.1) is 10.1 Å². The Bertz CT molecular complexity index is 439. The van der Waals surface area contributed by atoms with Crippen LogP contribution in [0.1, 0.15) is 32.1 Å². The number of nitro groups is 1. The van der Waals surface area contributed by atoms with Crippen LogP contribution in [0.2, 0.25) is 0 Å². The minimum absolute atomic E-state index is 0.228. The second kappa shape index (κ2) is 6.91. The van der Waals surface area contributed by atoms with E-state index in [0.717, 1.165) is 17.7 Å². The first-order valence-electron chi connectivity index (χ1n) is 6.79. The van der Waals surface area contributed by atoms with Gasteiger partial charge in [-0.15, -0.1) is 11.8 Å². The van der Waals surface area contributed by atoms with Crippen molar-refractivity contribution in [1.29, 1.82) is 0 Å². The van der Waals surface area contributed by atoms with Crippen molar-refractivity contribution in [1.82, 2.24) is 5.32 Å². The van der Waals surface area contributed by atoms with E-state index in [9.17, 15) is 10.1 Å². The third-order valence-electron chi connectivity index (χ3n) is 3.66. The predicted octanol–water partition coefficient (Wildman–Crippen LogP) is 3.61. The Balaban J connectivity index is 2.16. The topological polar surface area (TPSA) is 55.2 Å². The number of para-hydroxylation sites is 1. The molecule has 0 radical (unpaired) electrons. The summed E-state index contributed by atoms with van der Waals surface area (Å²) < 4.78 is 0. The van der Waals surface area contributed by atoms with Gasteiger partial charge in [0.25, 0.3) is 5.69 Å². The molecule has 4 nitrogen and oxygen atoms in total. The summed E-state index contributed by atoms with van der Waals surface area (Å²) in [4.78, 5) is 11.6. The van der Waals surface area contributed by atoms with Crippen molar-refractivity contribution in [2.24, 2.45) is 0 Å². The lowest BCUT2D eigenvalue weighted by Crippen LogP contribution is -2.34. The first kappa shape index (κ1) is 14.3. The van der Waals surface area contributed by atoms with Crippen LogP contribution in [0.4, 0.5) is 5.69 Å². The summed E-state index contributed by atoms with van der Waals surface area (Å²) in [6.07, 6.45) is 6.03. The van der Waals surface area contributed by atoms with E-state index in [1.807, 2.05) is 19.2 Å². The molecule has 104 valence electrons. The summed E-state index contributed by atoms with van der Waals surface area (Å²) in [5.41, 5.74) is 0.228. The molecule has 0 bridgehead atoms. The zero-order valence-electron chi connectivity index (χ0n) is 11.2. The number of nitro benzene ring substituents is 1. The van der Waals surface area contributed by atoms with Crippen molar-refractivity contribution in [3.05, 3.63) is 34.4 Å². The maximum atomic E-state index is 11.1. The summed E-state index contributed by atoms with van der Waals surface area (Å²) in [5, 5.41) is 14.9. The lowest BCUT2D eigenvalue weighted by molar-refractivity contribution is -0.387. The normalized spacial score (nSPS) is 23.8. The van der Waals surface area contributed by atoms with Crippen LogP contribution in [0.15, 0.2) is 29.2 Å². The van der Waals surface area contributed by atoms with Gasteiger partial charge in [0.05, 0.1) is 9.82 Å². The molecular formula is C14H20N2O2S. The molecule has 2 unspecified atom stereocenters. The Morgan fingerprint density at radius 1 is 1.26 bits per heavy atom. The lowest BCUT2D eigenvalue weighted by atomic mass is 10.1. The molecule has 1 N–H and O–H groups in total. The van der Waals surface area contributed by atoms with Gasteiger partial charge in [0.1, 0.15) is 0 Å². The van der Waals surface area contributed by atoms with Gasteiger partial charge in [-0.2, -0.15) is 0 Å². The van der Waals surface area contributed by atoms with Crippen LogP contribution in [-0.2, 0) is 0 Å². The number of thioether (sulfide) groups is 1. The maximum Gasteiger partial charge on any atom is 0.282 e. The molecule has 0 spiro atoms. The molecular weight excluding hydrogens is 260 g/mol. The van der Waals surface area contributed by atoms with Crippen LogP contribution in [0.25, 0.3) is 0 Å². The molecule has 0 aliphatic heterocycles. The standard InChI is InChI=1S/C14H20N2O2S/c1-15-11-7-3-2-4-9-13(11)19-14-10-6-5-8-12(14)16(17)18/h5-6,8,10-11,13,15H,2-4,7,9H2,1H3. The molecule has 2 rings (SSSR count). The zero-order valence-corrected chi connectivity index (χ0v) is 12.0. The number of benzene rings is 1. The minimum Gasteiger partial charge on any atom is -0.316 e. The average Bonchev–Trinajstić information content (AvgIpc) is 2.64. The van der Waals surface area contributed by atoms with E-state index in [1.165, 1.54) is 19.3 Å². The molecule has 1 saturated carbocycles. The van der Waals surface area contributed by atoms with E-state index in [0.29, 0.717) is 11.3 Å². The molecule has 1 aliphatic carbocycles. The van der Waals surface area contributed by atoms with E-state index in [-0.39, 0.29) is 10.6 Å². The number of nitrogens with one attached hydrogen (secondary N) is 1. The molecule has 1 aliphatic rings. The second-order valence-corrected chi connectivity index (χ2v) is 6.20. The summed E-state index contributed by atoms with van der Waals surface area (Å²) in [6, 6.07) is 7.51. The first-order chi connectivity index (χ1) is 9.22. The molecule has 0 saturated heterocycles. The Morgan fingerprint density at radius 3 is 2.74 bits per heavy atom. The van der Waals surface area contributed by atoms with E-state index in [1.54, 1.807) is 23.9 Å². The molecule has 1 aromatic rings. The summed E-state index contributed by atoms with van der Waals surface area (Å²) in [6.45, 7) is 0. The summed E-state index contributed by atoms with van der Waals surface area (Å²) in [7, 11) is 1.99. The number of rotatable bonds is 4. The van der Waals surface area contributed by atoms with E-state index >= 15 is 0 Å². The highest BCUT2D eigenvalue weighted by atomic mass is 32.2. The second-order valence-electron chi connectivity index (χ2n) is 4.91. The SMILES string of the molecule is CNC1CCCCCC1Sc1ccccc1[N+](=O)[O-]. The van der Waals surface area contributed by atoms with E-state index in [2.05, 4.69) is 5.32 Å². The van der Waals surface area contributed by atoms with Crippen molar-refractivity contribution >= 4 is 17.4 Å². The molecule has 5 heteroatoms. The highest BCUT2D eigenvalue weighted by molar-refractivity contribution is 8.00. The van der Waals surface area contributed by atoms with Gasteiger partial charge < -0.3 is 5.32 Å². The Kier molecular flexibility index (Phi) is 5.22. The predicted molar refractivity (Wildman–Crippen MR) is 78.7 cm³/mol. The largest absolute Gasteiger partial charge is 0.316 e. The van der Waals surface area contributed by atoms with Crippen molar-refractivity contribution in [2.75, 3.05) is 7.05 Å². The monoisotopic (exact) mass is 280 g/mol. The quantitative estimate of drug-likeness (QED) is 0.520. The van der Waals surface area contributed by atoms with Crippen molar-refractivity contribution < 1.29 is 4.92 Å². The number of nitrogens with zero attached hydrogens (tertiary/aromatic N) is 1. The number of hydrogen-bond acceptors (Lipinski definition) is 4. The summed E-state index contributed by atoms with van der Waals surface area (Å²) in [5.74, 6) is 0. The van der Waals surface area contributed by atoms with Crippen molar-refractivity contribution in [3.8, 4) is 0 Å². The third kappa shape index (κ3) is 3.70. The zero-order chi connectivity index (χ0) is 13.7. The van der Waals surface area contributed by atoms with Crippen LogP contribution in [0.3, 0.4) is 0 Å². The minimum atomic E-state index is -0.284. The van der Waals surface area contributed by atoms with Gasteiger partial charge in [0.15, 0.2) is 0 Å². The molecule has 0 heterocycles. The molecule has 0 aromatic heterocycles. The summed E-state index contributed by atoms with van der Waals surface area (Å²) >= 11 is 1.66. The number of hydrogen-bond donors (Lipinski definition) is 1. The van der Waals surface area contributed by atoms with Gasteiger partial charge in [-0.3, -0.25) is 10.1 Å². The fourth-order valence-corrected chi connectivity index (χ4v) is 4.08. The Hall–Kier alpha value is -1.07. The van der Waals surface area contributed by atoms with Gasteiger partial charge in [0.2, 0.25) is 0 Å². The van der Waals surface area contributed by atoms with Crippen LogP contribution in [-0.4, -0.2) is 23.3 Å². The first-order valence-corrected chi connectivity index (χ1v) is 7.67. The van der Waals surface area contributed by atoms with Gasteiger partial charge in [-0.1, -0.05) is 31.4 Å². The molecule has 19 heavy (non-hydrogen) atoms. The van der Waals surface area contributed by atoms with Crippen LogP contribution < -0.4 is 5.32 Å². The van der Waals surface area contributed by atoms with Crippen molar-refractivity contribution in [3.63, 3.8) is 0 Å². The molecule has 1 fully saturated rings. The van der Waals surface area contributed by atoms with Gasteiger partial charge in [0, 0.05) is 17.4 Å². The Morgan fingerprint density at radius 2 is 2.00 bits per heavy atom. The average molecular weight is 280 g/mol. The van der Waals surface area contributed by atoms with Gasteiger partial charge >= 0.3 is 0 Å². The van der Waals surface area contributed by atoms with Gasteiger partial charge in [-0.05, 0) is 26.0 Å². The van der Waals surface area contributed by atoms with E-state index in [4.69, 9.17) is 0 Å². The molecule has 1 aromatic carbocycles. The maximum absolute atomic E-state index is 11.1.